The molecule has 0 bridgehead atoms. The second-order valence-corrected chi connectivity index (χ2v) is 8.99. The monoisotopic (exact) mass is 512 g/mol. The topological polar surface area (TPSA) is 89.5 Å². The smallest absolute Gasteiger partial charge is 0.312 e. The molecule has 0 saturated carbocycles. The van der Waals surface area contributed by atoms with Gasteiger partial charge < -0.3 is 28.4 Å². The van der Waals surface area contributed by atoms with Crippen molar-refractivity contribution in [3.05, 3.63) is 82.1 Å². The summed E-state index contributed by atoms with van der Waals surface area (Å²) < 4.78 is 34.1. The fourth-order valence-corrected chi connectivity index (χ4v) is 5.14. The van der Waals surface area contributed by atoms with Crippen molar-refractivity contribution < 1.29 is 38.0 Å². The van der Waals surface area contributed by atoms with E-state index in [2.05, 4.69) is 0 Å². The van der Waals surface area contributed by atoms with Gasteiger partial charge >= 0.3 is 5.97 Å². The third kappa shape index (κ3) is 3.76. The minimum Gasteiger partial charge on any atom is -0.493 e. The molecular weight excluding hydrogens is 488 g/mol. The molecule has 3 aromatic rings. The van der Waals surface area contributed by atoms with Crippen molar-refractivity contribution in [2.45, 2.75) is 12.3 Å². The molecule has 3 aliphatic rings. The van der Waals surface area contributed by atoms with Crippen molar-refractivity contribution in [3.63, 3.8) is 0 Å². The molecule has 8 heteroatoms. The average molecular weight is 513 g/mol. The van der Waals surface area contributed by atoms with Gasteiger partial charge in [0.25, 0.3) is 0 Å². The van der Waals surface area contributed by atoms with E-state index in [0.717, 1.165) is 16.9 Å². The number of methoxy groups -OCH3 is 3. The summed E-state index contributed by atoms with van der Waals surface area (Å²) >= 11 is 0. The van der Waals surface area contributed by atoms with E-state index in [9.17, 15) is 9.59 Å². The Morgan fingerprint density at radius 2 is 1.68 bits per heavy atom. The zero-order valence-corrected chi connectivity index (χ0v) is 21.0. The van der Waals surface area contributed by atoms with Crippen molar-refractivity contribution in [2.75, 3.05) is 27.9 Å². The lowest BCUT2D eigenvalue weighted by atomic mass is 9.83. The van der Waals surface area contributed by atoms with Gasteiger partial charge in [-0.1, -0.05) is 18.2 Å². The van der Waals surface area contributed by atoms with Gasteiger partial charge in [0.2, 0.25) is 11.5 Å². The van der Waals surface area contributed by atoms with Crippen LogP contribution in [0.15, 0.2) is 59.9 Å². The molecular formula is C30H24O8. The third-order valence-corrected chi connectivity index (χ3v) is 6.90. The molecule has 0 N–H and O–H groups in total. The lowest BCUT2D eigenvalue weighted by Gasteiger charge is -2.30. The maximum Gasteiger partial charge on any atom is 0.312 e. The number of benzene rings is 3. The molecule has 3 heterocycles. The first-order valence-corrected chi connectivity index (χ1v) is 12.1. The van der Waals surface area contributed by atoms with Gasteiger partial charge in [-0.25, -0.2) is 0 Å². The van der Waals surface area contributed by atoms with Gasteiger partial charge in [-0.15, -0.1) is 0 Å². The Kier molecular flexibility index (Phi) is 5.79. The third-order valence-electron chi connectivity index (χ3n) is 6.90. The molecule has 0 amide bonds. The molecule has 0 spiro atoms. The highest BCUT2D eigenvalue weighted by molar-refractivity contribution is 6.15. The molecule has 6 rings (SSSR count). The number of carbonyl (C=O) groups is 2. The quantitative estimate of drug-likeness (QED) is 0.262. The van der Waals surface area contributed by atoms with Crippen molar-refractivity contribution in [1.29, 1.82) is 0 Å². The van der Waals surface area contributed by atoms with Crippen LogP contribution in [0.2, 0.25) is 0 Å². The lowest BCUT2D eigenvalue weighted by Crippen LogP contribution is -2.24. The second kappa shape index (κ2) is 9.30. The summed E-state index contributed by atoms with van der Waals surface area (Å²) in [6.45, 7) is 0.317. The van der Waals surface area contributed by atoms with E-state index >= 15 is 0 Å². The van der Waals surface area contributed by atoms with Crippen molar-refractivity contribution in [2.24, 2.45) is 0 Å². The van der Waals surface area contributed by atoms with Crippen LogP contribution in [0.25, 0.3) is 12.2 Å². The van der Waals surface area contributed by atoms with E-state index in [1.54, 1.807) is 30.3 Å². The molecule has 192 valence electrons. The Morgan fingerprint density at radius 1 is 0.868 bits per heavy atom. The number of hydrogen-bond acceptors (Lipinski definition) is 8. The predicted molar refractivity (Wildman–Crippen MR) is 138 cm³/mol. The maximum atomic E-state index is 13.4. The van der Waals surface area contributed by atoms with Crippen LogP contribution in [0, 0.1) is 0 Å². The van der Waals surface area contributed by atoms with Crippen LogP contribution >= 0.6 is 0 Å². The first-order chi connectivity index (χ1) is 18.5. The molecule has 1 atom stereocenters. The average Bonchev–Trinajstić information content (AvgIpc) is 3.26. The number of rotatable bonds is 5. The van der Waals surface area contributed by atoms with Crippen molar-refractivity contribution in [3.8, 4) is 34.5 Å². The highest BCUT2D eigenvalue weighted by atomic mass is 16.5. The second-order valence-electron chi connectivity index (χ2n) is 8.99. The summed E-state index contributed by atoms with van der Waals surface area (Å²) in [6.07, 6.45) is 3.76. The van der Waals surface area contributed by atoms with Crippen molar-refractivity contribution in [1.82, 2.24) is 0 Å². The highest BCUT2D eigenvalue weighted by Gasteiger charge is 2.40. The molecule has 8 nitrogen and oxygen atoms in total. The molecule has 0 fully saturated rings. The van der Waals surface area contributed by atoms with Crippen LogP contribution in [0.4, 0.5) is 0 Å². The SMILES string of the molecule is COc1ccc(/C=C2\Oc3c(ccc4c3C(C3=Cc5ccccc5OC3)CC(=O)O4)C2=O)c(OC)c1OC. The van der Waals surface area contributed by atoms with Gasteiger partial charge in [0.15, 0.2) is 17.3 Å². The number of ketones is 1. The van der Waals surface area contributed by atoms with E-state index in [1.807, 2.05) is 30.3 Å². The number of fused-ring (bicyclic) bond motifs is 4. The highest BCUT2D eigenvalue weighted by Crippen LogP contribution is 2.50. The Labute approximate surface area is 219 Å². The van der Waals surface area contributed by atoms with E-state index in [0.29, 0.717) is 52.0 Å². The zero-order chi connectivity index (χ0) is 26.4. The van der Waals surface area contributed by atoms with Gasteiger partial charge in [-0.05, 0) is 48.1 Å². The van der Waals surface area contributed by atoms with Gasteiger partial charge in [-0.3, -0.25) is 9.59 Å². The Bertz CT molecular complexity index is 1550. The van der Waals surface area contributed by atoms with Gasteiger partial charge in [0, 0.05) is 22.6 Å². The number of esters is 1. The first-order valence-electron chi connectivity index (χ1n) is 12.1. The van der Waals surface area contributed by atoms with Crippen LogP contribution in [-0.4, -0.2) is 39.7 Å². The Morgan fingerprint density at radius 3 is 2.47 bits per heavy atom. The van der Waals surface area contributed by atoms with Crippen LogP contribution in [0.1, 0.15) is 39.4 Å². The van der Waals surface area contributed by atoms with E-state index in [1.165, 1.54) is 21.3 Å². The molecule has 1 unspecified atom stereocenters. The normalized spacial score (nSPS) is 18.3. The zero-order valence-electron chi connectivity index (χ0n) is 21.0. The minimum absolute atomic E-state index is 0.112. The number of Topliss-reactive ketones (excluding diaryl/α,β-unsaturated/α-hetero) is 1. The molecule has 0 radical (unpaired) electrons. The largest absolute Gasteiger partial charge is 0.493 e. The molecule has 38 heavy (non-hydrogen) atoms. The summed E-state index contributed by atoms with van der Waals surface area (Å²) in [5.74, 6) is 1.98. The van der Waals surface area contributed by atoms with E-state index in [-0.39, 0.29) is 29.9 Å². The summed E-state index contributed by atoms with van der Waals surface area (Å²) in [7, 11) is 4.56. The first kappa shape index (κ1) is 23.7. The molecule has 3 aliphatic heterocycles. The number of carbonyl (C=O) groups excluding carboxylic acids is 2. The van der Waals surface area contributed by atoms with Gasteiger partial charge in [0.05, 0.1) is 33.3 Å². The number of hydrogen-bond donors (Lipinski definition) is 0. The molecule has 0 saturated heterocycles. The summed E-state index contributed by atoms with van der Waals surface area (Å²) in [5, 5.41) is 0. The van der Waals surface area contributed by atoms with Crippen LogP contribution in [0.5, 0.6) is 34.5 Å². The Hall–Kier alpha value is -4.72. The molecule has 3 aromatic carbocycles. The van der Waals surface area contributed by atoms with Crippen LogP contribution < -0.4 is 28.4 Å². The maximum absolute atomic E-state index is 13.4. The van der Waals surface area contributed by atoms with Gasteiger partial charge in [0.1, 0.15) is 23.9 Å². The summed E-state index contributed by atoms with van der Waals surface area (Å²) in [5.41, 5.74) is 3.48. The molecule has 0 aromatic heterocycles. The van der Waals surface area contributed by atoms with E-state index in [4.69, 9.17) is 28.4 Å². The predicted octanol–water partition coefficient (Wildman–Crippen LogP) is 5.20. The Balaban J connectivity index is 1.43. The molecule has 0 aliphatic carbocycles. The number of ether oxygens (including phenoxy) is 6. The van der Waals surface area contributed by atoms with Crippen LogP contribution in [0.3, 0.4) is 0 Å². The summed E-state index contributed by atoms with van der Waals surface area (Å²) in [4.78, 5) is 26.0. The standard InChI is InChI=1S/C30H24O8/c1-33-23-10-8-17(28(34-2)30(23)35-3)13-24-27(32)19-9-11-22-26(29(19)38-24)20(14-25(31)37-22)18-12-16-6-4-5-7-21(16)36-15-18/h4-13,20H,14-15H2,1-3H3/b24-13-. The van der Waals surface area contributed by atoms with Crippen molar-refractivity contribution >= 4 is 23.9 Å². The number of allylic oxidation sites excluding steroid dienone is 1. The fraction of sp³-hybridized carbons (Fsp3) is 0.200. The van der Waals surface area contributed by atoms with E-state index < -0.39 is 0 Å². The minimum atomic E-state index is -0.364. The van der Waals surface area contributed by atoms with Crippen LogP contribution in [-0.2, 0) is 4.79 Å². The summed E-state index contributed by atoms with van der Waals surface area (Å²) in [6, 6.07) is 14.5. The number of para-hydroxylation sites is 1. The van der Waals surface area contributed by atoms with Gasteiger partial charge in [-0.2, -0.15) is 0 Å². The fourth-order valence-electron chi connectivity index (χ4n) is 5.14. The lowest BCUT2D eigenvalue weighted by molar-refractivity contribution is -0.135.